The molecular formula is C12H16N2O4. The minimum atomic E-state index is -1.43. The molecule has 6 heteroatoms. The van der Waals surface area contributed by atoms with Gasteiger partial charge in [-0.25, -0.2) is 0 Å². The maximum absolute atomic E-state index is 11.4. The predicted octanol–water partition coefficient (Wildman–Crippen LogP) is -0.882. The van der Waals surface area contributed by atoms with Crippen LogP contribution in [0, 0.1) is 0 Å². The third-order valence-corrected chi connectivity index (χ3v) is 2.40. The van der Waals surface area contributed by atoms with E-state index in [0.717, 1.165) is 5.56 Å². The Morgan fingerprint density at radius 3 is 2.44 bits per heavy atom. The van der Waals surface area contributed by atoms with Gasteiger partial charge in [-0.15, -0.1) is 0 Å². The Bertz CT molecular complexity index is 408. The van der Waals surface area contributed by atoms with Gasteiger partial charge in [0.05, 0.1) is 0 Å². The third-order valence-electron chi connectivity index (χ3n) is 2.40. The van der Waals surface area contributed by atoms with Crippen molar-refractivity contribution in [2.75, 3.05) is 6.54 Å². The van der Waals surface area contributed by atoms with Crippen LogP contribution in [-0.4, -0.2) is 40.8 Å². The van der Waals surface area contributed by atoms with Gasteiger partial charge in [-0.2, -0.15) is 0 Å². The van der Waals surface area contributed by atoms with E-state index in [0.29, 0.717) is 6.42 Å². The molecule has 0 aliphatic heterocycles. The predicted molar refractivity (Wildman–Crippen MR) is 64.8 cm³/mol. The number of hydrogen-bond acceptors (Lipinski definition) is 4. The molecule has 0 aliphatic carbocycles. The van der Waals surface area contributed by atoms with Crippen molar-refractivity contribution in [2.45, 2.75) is 18.6 Å². The van der Waals surface area contributed by atoms with Gasteiger partial charge >= 0.3 is 5.97 Å². The zero-order valence-corrected chi connectivity index (χ0v) is 9.74. The molecule has 6 nitrogen and oxygen atoms in total. The van der Waals surface area contributed by atoms with E-state index >= 15 is 0 Å². The summed E-state index contributed by atoms with van der Waals surface area (Å²) in [6.45, 7) is -0.534. The Morgan fingerprint density at radius 1 is 1.28 bits per heavy atom. The standard InChI is InChI=1S/C12H16N2O4/c13-9(6-8-4-2-1-3-5-8)11(17)12(18)14-7-10(15)16/h1-5,9,11,17H,6-7,13H2,(H,14,18)(H,15,16)/t9-,11+/m1/s1. The van der Waals surface area contributed by atoms with E-state index in [4.69, 9.17) is 10.8 Å². The summed E-state index contributed by atoms with van der Waals surface area (Å²) >= 11 is 0. The van der Waals surface area contributed by atoms with E-state index < -0.39 is 30.6 Å². The fourth-order valence-corrected chi connectivity index (χ4v) is 1.46. The lowest BCUT2D eigenvalue weighted by molar-refractivity contribution is -0.139. The summed E-state index contributed by atoms with van der Waals surface area (Å²) in [5.74, 6) is -1.95. The molecule has 0 fully saturated rings. The van der Waals surface area contributed by atoms with E-state index in [-0.39, 0.29) is 0 Å². The lowest BCUT2D eigenvalue weighted by Gasteiger charge is -2.17. The first kappa shape index (κ1) is 14.1. The van der Waals surface area contributed by atoms with Gasteiger partial charge in [0.15, 0.2) is 0 Å². The zero-order chi connectivity index (χ0) is 13.5. The van der Waals surface area contributed by atoms with Crippen molar-refractivity contribution in [3.8, 4) is 0 Å². The SMILES string of the molecule is N[C@H](Cc1ccccc1)[C@H](O)C(=O)NCC(=O)O. The van der Waals surface area contributed by atoms with Crippen LogP contribution < -0.4 is 11.1 Å². The molecule has 1 rings (SSSR count). The Balaban J connectivity index is 2.48. The number of aliphatic carboxylic acids is 1. The highest BCUT2D eigenvalue weighted by Crippen LogP contribution is 2.04. The Labute approximate surface area is 104 Å². The molecule has 18 heavy (non-hydrogen) atoms. The van der Waals surface area contributed by atoms with Crippen molar-refractivity contribution in [1.29, 1.82) is 0 Å². The molecular weight excluding hydrogens is 236 g/mol. The van der Waals surface area contributed by atoms with Crippen LogP contribution in [0.15, 0.2) is 30.3 Å². The number of rotatable bonds is 6. The number of carbonyl (C=O) groups excluding carboxylic acids is 1. The average molecular weight is 252 g/mol. The molecule has 98 valence electrons. The lowest BCUT2D eigenvalue weighted by Crippen LogP contribution is -2.48. The first-order valence-electron chi connectivity index (χ1n) is 5.47. The number of nitrogens with one attached hydrogen (secondary N) is 1. The highest BCUT2D eigenvalue weighted by Gasteiger charge is 2.23. The maximum Gasteiger partial charge on any atom is 0.322 e. The van der Waals surface area contributed by atoms with Crippen LogP contribution in [0.5, 0.6) is 0 Å². The third kappa shape index (κ3) is 4.52. The second-order valence-corrected chi connectivity index (χ2v) is 3.91. The molecule has 0 saturated carbocycles. The maximum atomic E-state index is 11.4. The van der Waals surface area contributed by atoms with Gasteiger partial charge in [0.25, 0.3) is 5.91 Å². The van der Waals surface area contributed by atoms with Crippen molar-refractivity contribution >= 4 is 11.9 Å². The van der Waals surface area contributed by atoms with Crippen LogP contribution in [0.2, 0.25) is 0 Å². The van der Waals surface area contributed by atoms with Crippen LogP contribution in [0.1, 0.15) is 5.56 Å². The largest absolute Gasteiger partial charge is 0.480 e. The number of aliphatic hydroxyl groups is 1. The number of carboxylic acids is 1. The normalized spacial score (nSPS) is 13.7. The van der Waals surface area contributed by atoms with E-state index in [2.05, 4.69) is 5.32 Å². The first-order chi connectivity index (χ1) is 8.50. The molecule has 5 N–H and O–H groups in total. The smallest absolute Gasteiger partial charge is 0.322 e. The van der Waals surface area contributed by atoms with Crippen LogP contribution in [-0.2, 0) is 16.0 Å². The van der Waals surface area contributed by atoms with Crippen LogP contribution in [0.4, 0.5) is 0 Å². The van der Waals surface area contributed by atoms with Gasteiger partial charge in [-0.1, -0.05) is 30.3 Å². The van der Waals surface area contributed by atoms with Crippen molar-refractivity contribution < 1.29 is 19.8 Å². The number of hydrogen-bond donors (Lipinski definition) is 4. The number of aliphatic hydroxyl groups excluding tert-OH is 1. The van der Waals surface area contributed by atoms with Crippen molar-refractivity contribution in [3.05, 3.63) is 35.9 Å². The van der Waals surface area contributed by atoms with Gasteiger partial charge < -0.3 is 21.3 Å². The topological polar surface area (TPSA) is 113 Å². The molecule has 0 aliphatic rings. The molecule has 0 bridgehead atoms. The summed E-state index contributed by atoms with van der Waals surface area (Å²) in [5.41, 5.74) is 6.60. The second-order valence-electron chi connectivity index (χ2n) is 3.91. The summed E-state index contributed by atoms with van der Waals surface area (Å²) in [5, 5.41) is 20.1. The molecule has 0 aromatic heterocycles. The molecule has 2 atom stereocenters. The van der Waals surface area contributed by atoms with Gasteiger partial charge in [0.2, 0.25) is 0 Å². The highest BCUT2D eigenvalue weighted by atomic mass is 16.4. The highest BCUT2D eigenvalue weighted by molar-refractivity contribution is 5.84. The van der Waals surface area contributed by atoms with Crippen LogP contribution in [0.3, 0.4) is 0 Å². The molecule has 0 unspecified atom stereocenters. The molecule has 0 radical (unpaired) electrons. The van der Waals surface area contributed by atoms with Crippen LogP contribution in [0.25, 0.3) is 0 Å². The summed E-state index contributed by atoms with van der Waals surface area (Å²) in [7, 11) is 0. The van der Waals surface area contributed by atoms with Gasteiger partial charge in [0, 0.05) is 6.04 Å². The fourth-order valence-electron chi connectivity index (χ4n) is 1.46. The molecule has 0 saturated heterocycles. The molecule has 1 aromatic carbocycles. The summed E-state index contributed by atoms with van der Waals surface area (Å²) in [6, 6.07) is 8.41. The Kier molecular flexibility index (Phi) is 5.29. The number of amides is 1. The van der Waals surface area contributed by atoms with Crippen molar-refractivity contribution in [2.24, 2.45) is 5.73 Å². The van der Waals surface area contributed by atoms with Crippen molar-refractivity contribution in [3.63, 3.8) is 0 Å². The van der Waals surface area contributed by atoms with Gasteiger partial charge in [-0.3, -0.25) is 9.59 Å². The first-order valence-corrected chi connectivity index (χ1v) is 5.47. The average Bonchev–Trinajstić information content (AvgIpc) is 2.36. The molecule has 1 aromatic rings. The van der Waals surface area contributed by atoms with Gasteiger partial charge in [-0.05, 0) is 12.0 Å². The van der Waals surface area contributed by atoms with Crippen LogP contribution >= 0.6 is 0 Å². The van der Waals surface area contributed by atoms with E-state index in [1.165, 1.54) is 0 Å². The number of nitrogens with two attached hydrogens (primary N) is 1. The van der Waals surface area contributed by atoms with E-state index in [1.54, 1.807) is 0 Å². The quantitative estimate of drug-likeness (QED) is 0.525. The minimum Gasteiger partial charge on any atom is -0.480 e. The lowest BCUT2D eigenvalue weighted by atomic mass is 10.0. The monoisotopic (exact) mass is 252 g/mol. The van der Waals surface area contributed by atoms with Gasteiger partial charge in [0.1, 0.15) is 12.6 Å². The number of carboxylic acid groups (broad SMARTS) is 1. The number of carbonyl (C=O) groups is 2. The minimum absolute atomic E-state index is 0.336. The Hall–Kier alpha value is -1.92. The summed E-state index contributed by atoms with van der Waals surface area (Å²) in [6.07, 6.45) is -1.09. The second kappa shape index (κ2) is 6.73. The van der Waals surface area contributed by atoms with E-state index in [9.17, 15) is 14.7 Å². The fraction of sp³-hybridized carbons (Fsp3) is 0.333. The zero-order valence-electron chi connectivity index (χ0n) is 9.74. The van der Waals surface area contributed by atoms with E-state index in [1.807, 2.05) is 30.3 Å². The molecule has 0 spiro atoms. The number of benzene rings is 1. The Morgan fingerprint density at radius 2 is 1.89 bits per heavy atom. The molecule has 1 amide bonds. The summed E-state index contributed by atoms with van der Waals surface area (Å²) in [4.78, 5) is 21.6. The molecule has 0 heterocycles. The summed E-state index contributed by atoms with van der Waals surface area (Å²) < 4.78 is 0. The van der Waals surface area contributed by atoms with Crippen molar-refractivity contribution in [1.82, 2.24) is 5.32 Å².